The van der Waals surface area contributed by atoms with E-state index in [0.29, 0.717) is 29.7 Å². The van der Waals surface area contributed by atoms with Gasteiger partial charge in [0.05, 0.1) is 23.5 Å². The number of rotatable bonds is 7. The Morgan fingerprint density at radius 1 is 1.29 bits per heavy atom. The van der Waals surface area contributed by atoms with Gasteiger partial charge in [-0.25, -0.2) is 4.79 Å². The lowest BCUT2D eigenvalue weighted by atomic mass is 10.2. The molecule has 0 spiro atoms. The summed E-state index contributed by atoms with van der Waals surface area (Å²) in [6.07, 6.45) is 1.39. The molecule has 9 heteroatoms. The Hall–Kier alpha value is -2.26. The van der Waals surface area contributed by atoms with Crippen molar-refractivity contribution in [2.45, 2.75) is 25.9 Å². The fourth-order valence-electron chi connectivity index (χ4n) is 2.71. The molecule has 1 aliphatic heterocycles. The molecule has 0 saturated carbocycles. The zero-order chi connectivity index (χ0) is 20.1. The Labute approximate surface area is 172 Å². The molecule has 1 aromatic carbocycles. The van der Waals surface area contributed by atoms with Gasteiger partial charge in [-0.3, -0.25) is 9.36 Å². The normalized spacial score (nSPS) is 15.5. The van der Waals surface area contributed by atoms with Crippen LogP contribution in [0.4, 0.5) is 0 Å². The number of amides is 1. The van der Waals surface area contributed by atoms with Crippen LogP contribution in [0.25, 0.3) is 5.69 Å². The highest BCUT2D eigenvalue weighted by atomic mass is 32.2. The minimum absolute atomic E-state index is 0.00247. The second kappa shape index (κ2) is 9.29. The molecule has 0 atom stereocenters. The third-order valence-corrected chi connectivity index (χ3v) is 6.01. The highest BCUT2D eigenvalue weighted by Crippen LogP contribution is 2.30. The fraction of sp³-hybridized carbons (Fsp3) is 0.368. The Balaban J connectivity index is 1.67. The zero-order valence-corrected chi connectivity index (χ0v) is 17.7. The number of hydrogen-bond acceptors (Lipinski definition) is 7. The molecule has 1 fully saturated rings. The summed E-state index contributed by atoms with van der Waals surface area (Å²) in [5, 5.41) is 9.87. The lowest BCUT2D eigenvalue weighted by molar-refractivity contribution is -0.137. The van der Waals surface area contributed by atoms with Crippen molar-refractivity contribution in [1.29, 1.82) is 0 Å². The van der Waals surface area contributed by atoms with Crippen LogP contribution in [0.1, 0.15) is 18.3 Å². The number of carbonyl (C=O) groups is 2. The van der Waals surface area contributed by atoms with Gasteiger partial charge in [-0.05, 0) is 32.9 Å². The predicted octanol–water partition coefficient (Wildman–Crippen LogP) is 2.96. The third kappa shape index (κ3) is 4.77. The lowest BCUT2D eigenvalue weighted by Crippen LogP contribution is -2.27. The standard InChI is InChI=1S/C19H22N4O3S2/c1-4-26-18(25)11-17-22(16(24)12-28-17)9-10-27-19-21-20-14(3)23(19)15-7-5-13(2)6-8-15/h5-8,11H,4,9-10,12H2,1-3H3/b17-11-. The molecule has 28 heavy (non-hydrogen) atoms. The first-order chi connectivity index (χ1) is 13.5. The number of aromatic nitrogens is 3. The summed E-state index contributed by atoms with van der Waals surface area (Å²) in [6.45, 7) is 6.51. The van der Waals surface area contributed by atoms with Crippen molar-refractivity contribution in [3.8, 4) is 5.69 Å². The smallest absolute Gasteiger partial charge is 0.333 e. The fourth-order valence-corrected chi connectivity index (χ4v) is 4.59. The maximum atomic E-state index is 12.2. The number of esters is 1. The van der Waals surface area contributed by atoms with Crippen LogP contribution in [-0.4, -0.2) is 56.2 Å². The molecule has 0 unspecified atom stereocenters. The van der Waals surface area contributed by atoms with Gasteiger partial charge in [-0.15, -0.1) is 10.2 Å². The van der Waals surface area contributed by atoms with Gasteiger partial charge in [-0.1, -0.05) is 41.2 Å². The van der Waals surface area contributed by atoms with Crippen molar-refractivity contribution in [2.75, 3.05) is 24.7 Å². The van der Waals surface area contributed by atoms with Crippen molar-refractivity contribution in [2.24, 2.45) is 0 Å². The van der Waals surface area contributed by atoms with Gasteiger partial charge in [0.15, 0.2) is 5.16 Å². The monoisotopic (exact) mass is 418 g/mol. The second-order valence-electron chi connectivity index (χ2n) is 6.12. The summed E-state index contributed by atoms with van der Waals surface area (Å²) in [7, 11) is 0. The number of thioether (sulfide) groups is 2. The molecule has 2 aromatic rings. The van der Waals surface area contributed by atoms with E-state index in [2.05, 4.69) is 22.3 Å². The van der Waals surface area contributed by atoms with E-state index in [-0.39, 0.29) is 5.91 Å². The van der Waals surface area contributed by atoms with Crippen LogP contribution >= 0.6 is 23.5 Å². The van der Waals surface area contributed by atoms with Crippen molar-refractivity contribution >= 4 is 35.4 Å². The van der Waals surface area contributed by atoms with Gasteiger partial charge in [0.1, 0.15) is 5.82 Å². The zero-order valence-electron chi connectivity index (χ0n) is 16.0. The molecular weight excluding hydrogens is 396 g/mol. The first-order valence-corrected chi connectivity index (χ1v) is 10.9. The minimum Gasteiger partial charge on any atom is -0.463 e. The second-order valence-corrected chi connectivity index (χ2v) is 8.18. The quantitative estimate of drug-likeness (QED) is 0.389. The highest BCUT2D eigenvalue weighted by Gasteiger charge is 2.27. The number of carbonyl (C=O) groups excluding carboxylic acids is 2. The topological polar surface area (TPSA) is 77.3 Å². The molecule has 7 nitrogen and oxygen atoms in total. The number of aryl methyl sites for hydroxylation is 2. The van der Waals surface area contributed by atoms with Crippen LogP contribution in [0.5, 0.6) is 0 Å². The van der Waals surface area contributed by atoms with E-state index in [1.165, 1.54) is 35.2 Å². The Kier molecular flexibility index (Phi) is 6.79. The first kappa shape index (κ1) is 20.5. The molecule has 1 aliphatic rings. The maximum Gasteiger partial charge on any atom is 0.333 e. The SMILES string of the molecule is CCOC(=O)/C=C1\SCC(=O)N1CCSc1nnc(C)n1-c1ccc(C)cc1. The third-order valence-electron chi connectivity index (χ3n) is 4.07. The summed E-state index contributed by atoms with van der Waals surface area (Å²) < 4.78 is 6.94. The molecule has 1 aromatic heterocycles. The van der Waals surface area contributed by atoms with Gasteiger partial charge in [0.25, 0.3) is 0 Å². The van der Waals surface area contributed by atoms with Crippen LogP contribution in [-0.2, 0) is 14.3 Å². The van der Waals surface area contributed by atoms with E-state index in [9.17, 15) is 9.59 Å². The predicted molar refractivity (Wildman–Crippen MR) is 110 cm³/mol. The number of nitrogens with zero attached hydrogens (tertiary/aromatic N) is 4. The molecule has 0 bridgehead atoms. The Bertz CT molecular complexity index is 893. The molecule has 1 amide bonds. The average Bonchev–Trinajstić information content (AvgIpc) is 3.20. The molecule has 0 aliphatic carbocycles. The van der Waals surface area contributed by atoms with Crippen molar-refractivity contribution in [3.63, 3.8) is 0 Å². The molecule has 2 heterocycles. The molecule has 0 N–H and O–H groups in total. The van der Waals surface area contributed by atoms with Gasteiger partial charge >= 0.3 is 5.97 Å². The molecule has 1 saturated heterocycles. The Morgan fingerprint density at radius 2 is 2.04 bits per heavy atom. The van der Waals surface area contributed by atoms with Crippen molar-refractivity contribution < 1.29 is 14.3 Å². The maximum absolute atomic E-state index is 12.2. The van der Waals surface area contributed by atoms with Crippen LogP contribution in [0.2, 0.25) is 0 Å². The summed E-state index contributed by atoms with van der Waals surface area (Å²) in [6, 6.07) is 8.18. The first-order valence-electron chi connectivity index (χ1n) is 8.93. The largest absolute Gasteiger partial charge is 0.463 e. The van der Waals surface area contributed by atoms with Gasteiger partial charge in [-0.2, -0.15) is 0 Å². The van der Waals surface area contributed by atoms with Crippen LogP contribution in [0, 0.1) is 13.8 Å². The minimum atomic E-state index is -0.424. The highest BCUT2D eigenvalue weighted by molar-refractivity contribution is 8.04. The van der Waals surface area contributed by atoms with Crippen LogP contribution in [0.3, 0.4) is 0 Å². The van der Waals surface area contributed by atoms with E-state index in [1.807, 2.05) is 30.5 Å². The van der Waals surface area contributed by atoms with E-state index in [0.717, 1.165) is 16.7 Å². The lowest BCUT2D eigenvalue weighted by Gasteiger charge is -2.16. The average molecular weight is 419 g/mol. The van der Waals surface area contributed by atoms with E-state index >= 15 is 0 Å². The number of ether oxygens (including phenoxy) is 1. The molecule has 148 valence electrons. The Morgan fingerprint density at radius 3 is 2.75 bits per heavy atom. The van der Waals surface area contributed by atoms with Gasteiger partial charge < -0.3 is 9.64 Å². The summed E-state index contributed by atoms with van der Waals surface area (Å²) in [5.74, 6) is 1.36. The van der Waals surface area contributed by atoms with Crippen LogP contribution in [0.15, 0.2) is 40.5 Å². The number of hydrogen-bond donors (Lipinski definition) is 0. The number of benzene rings is 1. The van der Waals surface area contributed by atoms with Gasteiger partial charge in [0, 0.05) is 18.0 Å². The summed E-state index contributed by atoms with van der Waals surface area (Å²) >= 11 is 2.89. The van der Waals surface area contributed by atoms with E-state index in [4.69, 9.17) is 4.74 Å². The van der Waals surface area contributed by atoms with Crippen LogP contribution < -0.4 is 0 Å². The summed E-state index contributed by atoms with van der Waals surface area (Å²) in [4.78, 5) is 25.5. The summed E-state index contributed by atoms with van der Waals surface area (Å²) in [5.41, 5.74) is 2.20. The van der Waals surface area contributed by atoms with E-state index in [1.54, 1.807) is 11.8 Å². The van der Waals surface area contributed by atoms with E-state index < -0.39 is 5.97 Å². The van der Waals surface area contributed by atoms with Gasteiger partial charge in [0.2, 0.25) is 5.91 Å². The van der Waals surface area contributed by atoms with Crippen molar-refractivity contribution in [1.82, 2.24) is 19.7 Å². The molecule has 0 radical (unpaired) electrons. The molecular formula is C19H22N4O3S2. The molecule has 3 rings (SSSR count). The van der Waals surface area contributed by atoms with Crippen molar-refractivity contribution in [3.05, 3.63) is 46.8 Å².